The molecule has 1 saturated carbocycles. The van der Waals surface area contributed by atoms with E-state index in [0.29, 0.717) is 5.75 Å². The number of nitrogens with two attached hydrogens (primary N) is 1. The smallest absolute Gasteiger partial charge is 0.341 e. The fourth-order valence-corrected chi connectivity index (χ4v) is 2.43. The summed E-state index contributed by atoms with van der Waals surface area (Å²) in [4.78, 5) is -0.407. The summed E-state index contributed by atoms with van der Waals surface area (Å²) >= 11 is 0. The third-order valence-corrected chi connectivity index (χ3v) is 4.22. The summed E-state index contributed by atoms with van der Waals surface area (Å²) in [6.45, 7) is 0. The van der Waals surface area contributed by atoms with Crippen LogP contribution in [-0.4, -0.2) is 26.3 Å². The van der Waals surface area contributed by atoms with Crippen LogP contribution in [0.1, 0.15) is 12.8 Å². The lowest BCUT2D eigenvalue weighted by Gasteiger charge is -2.32. The van der Waals surface area contributed by atoms with E-state index in [-0.39, 0.29) is 12.1 Å². The van der Waals surface area contributed by atoms with Crippen LogP contribution in [0.25, 0.3) is 0 Å². The molecule has 0 heterocycles. The Morgan fingerprint density at radius 3 is 2.22 bits per heavy atom. The van der Waals surface area contributed by atoms with E-state index in [2.05, 4.69) is 0 Å². The number of ether oxygens (including phenoxy) is 1. The van der Waals surface area contributed by atoms with Crippen molar-refractivity contribution in [3.63, 3.8) is 0 Å². The van der Waals surface area contributed by atoms with Gasteiger partial charge in [-0.15, -0.1) is 0 Å². The van der Waals surface area contributed by atoms with Crippen molar-refractivity contribution in [3.05, 3.63) is 24.3 Å². The monoisotopic (exact) mass is 277 g/mol. The van der Waals surface area contributed by atoms with E-state index >= 15 is 0 Å². The van der Waals surface area contributed by atoms with Gasteiger partial charge in [0.1, 0.15) is 11.9 Å². The molecule has 0 bridgehead atoms. The highest BCUT2D eigenvalue weighted by Gasteiger charge is 2.28. The normalized spacial score (nSPS) is 23.8. The van der Waals surface area contributed by atoms with Crippen LogP contribution in [-0.2, 0) is 9.84 Å². The van der Waals surface area contributed by atoms with E-state index < -0.39 is 20.5 Å². The lowest BCUT2D eigenvalue weighted by Crippen LogP contribution is -2.43. The maximum atomic E-state index is 12.3. The van der Waals surface area contributed by atoms with Gasteiger partial charge in [-0.05, 0) is 37.1 Å². The summed E-state index contributed by atoms with van der Waals surface area (Å²) in [5, 5.41) is 0. The molecule has 2 rings (SSSR count). The van der Waals surface area contributed by atoms with Crippen LogP contribution >= 0.6 is 0 Å². The summed E-state index contributed by atoms with van der Waals surface area (Å²) in [5.41, 5.74) is 5.59. The molecule has 0 saturated heterocycles. The van der Waals surface area contributed by atoms with Crippen molar-refractivity contribution in [1.82, 2.24) is 0 Å². The van der Waals surface area contributed by atoms with Gasteiger partial charge < -0.3 is 10.5 Å². The second-order valence-corrected chi connectivity index (χ2v) is 6.17. The van der Waals surface area contributed by atoms with Crippen molar-refractivity contribution >= 4 is 9.84 Å². The number of hydrogen-bond acceptors (Lipinski definition) is 4. The van der Waals surface area contributed by atoms with Gasteiger partial charge in [-0.2, -0.15) is 8.78 Å². The first-order chi connectivity index (χ1) is 8.39. The molecular weight excluding hydrogens is 264 g/mol. The van der Waals surface area contributed by atoms with E-state index in [9.17, 15) is 17.2 Å². The summed E-state index contributed by atoms with van der Waals surface area (Å²) in [5.74, 6) is -2.95. The number of benzene rings is 1. The average Bonchev–Trinajstić information content (AvgIpc) is 2.27. The molecule has 0 unspecified atom stereocenters. The topological polar surface area (TPSA) is 69.4 Å². The van der Waals surface area contributed by atoms with Gasteiger partial charge in [0.05, 0.1) is 4.90 Å². The largest absolute Gasteiger partial charge is 0.490 e. The quantitative estimate of drug-likeness (QED) is 0.906. The molecule has 0 aliphatic heterocycles. The van der Waals surface area contributed by atoms with Gasteiger partial charge in [0.25, 0.3) is 0 Å². The zero-order chi connectivity index (χ0) is 13.3. The van der Waals surface area contributed by atoms with Crippen LogP contribution in [0.4, 0.5) is 8.78 Å². The van der Waals surface area contributed by atoms with Gasteiger partial charge in [0.2, 0.25) is 9.84 Å². The highest BCUT2D eigenvalue weighted by atomic mass is 32.2. The molecule has 100 valence electrons. The van der Waals surface area contributed by atoms with E-state index in [1.807, 2.05) is 0 Å². The fraction of sp³-hybridized carbons (Fsp3) is 0.455. The standard InChI is InChI=1S/C11H13F2NO3S/c12-11(13)18(15,16)10-3-1-8(2-4-10)17-9-5-7(14)6-9/h1-4,7,9,11H,5-6,14H2. The average molecular weight is 277 g/mol. The lowest BCUT2D eigenvalue weighted by molar-refractivity contribution is 0.101. The lowest BCUT2D eigenvalue weighted by atomic mass is 9.90. The number of rotatable bonds is 4. The molecule has 1 aromatic carbocycles. The van der Waals surface area contributed by atoms with Crippen molar-refractivity contribution in [3.8, 4) is 5.75 Å². The van der Waals surface area contributed by atoms with E-state index in [0.717, 1.165) is 25.0 Å². The van der Waals surface area contributed by atoms with Gasteiger partial charge in [0, 0.05) is 6.04 Å². The zero-order valence-corrected chi connectivity index (χ0v) is 10.2. The fourth-order valence-electron chi connectivity index (χ4n) is 1.71. The van der Waals surface area contributed by atoms with Crippen LogP contribution in [0.3, 0.4) is 0 Å². The number of sulfone groups is 1. The molecule has 2 N–H and O–H groups in total. The van der Waals surface area contributed by atoms with Gasteiger partial charge in [0.15, 0.2) is 0 Å². The second-order valence-electron chi connectivity index (χ2n) is 4.25. The molecule has 18 heavy (non-hydrogen) atoms. The van der Waals surface area contributed by atoms with Crippen LogP contribution in [0.15, 0.2) is 29.2 Å². The molecule has 1 fully saturated rings. The Morgan fingerprint density at radius 1 is 1.22 bits per heavy atom. The molecule has 1 aliphatic carbocycles. The van der Waals surface area contributed by atoms with Crippen LogP contribution < -0.4 is 10.5 Å². The minimum absolute atomic E-state index is 0.0255. The minimum atomic E-state index is -4.53. The van der Waals surface area contributed by atoms with E-state index in [1.54, 1.807) is 0 Å². The first kappa shape index (κ1) is 13.2. The Kier molecular flexibility index (Phi) is 3.54. The van der Waals surface area contributed by atoms with Crippen molar-refractivity contribution in [2.45, 2.75) is 35.6 Å². The summed E-state index contributed by atoms with van der Waals surface area (Å²) in [6.07, 6.45) is 1.52. The predicted octanol–water partition coefficient (Wildman–Crippen LogP) is 1.55. The zero-order valence-electron chi connectivity index (χ0n) is 9.42. The maximum Gasteiger partial charge on any atom is 0.341 e. The Bertz CT molecular complexity index is 510. The van der Waals surface area contributed by atoms with Gasteiger partial charge in [-0.25, -0.2) is 8.42 Å². The first-order valence-corrected chi connectivity index (χ1v) is 6.98. The molecule has 0 atom stereocenters. The minimum Gasteiger partial charge on any atom is -0.490 e. The van der Waals surface area contributed by atoms with Crippen molar-refractivity contribution in [2.75, 3.05) is 0 Å². The molecule has 4 nitrogen and oxygen atoms in total. The molecule has 0 radical (unpaired) electrons. The Labute approximate surface area is 104 Å². The first-order valence-electron chi connectivity index (χ1n) is 5.44. The Hall–Kier alpha value is -1.21. The SMILES string of the molecule is NC1CC(Oc2ccc(S(=O)(=O)C(F)F)cc2)C1. The number of alkyl halides is 2. The molecule has 0 amide bonds. The van der Waals surface area contributed by atoms with Crippen LogP contribution in [0, 0.1) is 0 Å². The third-order valence-electron chi connectivity index (χ3n) is 2.82. The van der Waals surface area contributed by atoms with Gasteiger partial charge in [-0.3, -0.25) is 0 Å². The summed E-state index contributed by atoms with van der Waals surface area (Å²) in [6, 6.07) is 5.14. The highest BCUT2D eigenvalue weighted by Crippen LogP contribution is 2.26. The van der Waals surface area contributed by atoms with Gasteiger partial charge >= 0.3 is 5.76 Å². The summed E-state index contributed by atoms with van der Waals surface area (Å²) in [7, 11) is -4.53. The van der Waals surface area contributed by atoms with Gasteiger partial charge in [-0.1, -0.05) is 0 Å². The van der Waals surface area contributed by atoms with Crippen LogP contribution in [0.2, 0.25) is 0 Å². The Morgan fingerprint density at radius 2 is 1.78 bits per heavy atom. The van der Waals surface area contributed by atoms with Crippen molar-refractivity contribution in [1.29, 1.82) is 0 Å². The highest BCUT2D eigenvalue weighted by molar-refractivity contribution is 7.91. The van der Waals surface area contributed by atoms with E-state index in [4.69, 9.17) is 10.5 Å². The Balaban J connectivity index is 2.06. The molecule has 1 aromatic rings. The van der Waals surface area contributed by atoms with Crippen molar-refractivity contribution < 1.29 is 21.9 Å². The molecular formula is C11H13F2NO3S. The maximum absolute atomic E-state index is 12.3. The number of hydrogen-bond donors (Lipinski definition) is 1. The molecule has 0 aromatic heterocycles. The third kappa shape index (κ3) is 2.62. The van der Waals surface area contributed by atoms with E-state index in [1.165, 1.54) is 12.1 Å². The summed E-state index contributed by atoms with van der Waals surface area (Å²) < 4.78 is 52.4. The number of halogens is 2. The second kappa shape index (κ2) is 4.81. The molecule has 0 spiro atoms. The van der Waals surface area contributed by atoms with Crippen molar-refractivity contribution in [2.24, 2.45) is 5.73 Å². The molecule has 1 aliphatic rings. The molecule has 7 heteroatoms. The predicted molar refractivity (Wildman–Crippen MR) is 61.3 cm³/mol. The van der Waals surface area contributed by atoms with Crippen LogP contribution in [0.5, 0.6) is 5.75 Å².